The van der Waals surface area contributed by atoms with Gasteiger partial charge in [0.1, 0.15) is 24.2 Å². The van der Waals surface area contributed by atoms with Gasteiger partial charge in [0.05, 0.1) is 24.6 Å². The van der Waals surface area contributed by atoms with E-state index in [4.69, 9.17) is 4.74 Å². The summed E-state index contributed by atoms with van der Waals surface area (Å²) >= 11 is 0. The second-order valence-corrected chi connectivity index (χ2v) is 13.3. The lowest BCUT2D eigenvalue weighted by atomic mass is 10.0. The van der Waals surface area contributed by atoms with Gasteiger partial charge in [-0.3, -0.25) is 24.0 Å². The average Bonchev–Trinajstić information content (AvgIpc) is 3.49. The van der Waals surface area contributed by atoms with Gasteiger partial charge in [-0.2, -0.15) is 0 Å². The van der Waals surface area contributed by atoms with Crippen molar-refractivity contribution in [2.24, 2.45) is 0 Å². The molecule has 266 valence electrons. The van der Waals surface area contributed by atoms with Crippen molar-refractivity contribution < 1.29 is 33.1 Å². The molecule has 2 heterocycles. The smallest absolute Gasteiger partial charge is 0.258 e. The van der Waals surface area contributed by atoms with Crippen LogP contribution in [0.2, 0.25) is 0 Å². The van der Waals surface area contributed by atoms with Gasteiger partial charge in [-0.05, 0) is 61.5 Å². The van der Waals surface area contributed by atoms with E-state index >= 15 is 0 Å². The van der Waals surface area contributed by atoms with Crippen molar-refractivity contribution in [2.45, 2.75) is 43.8 Å². The predicted octanol–water partition coefficient (Wildman–Crippen LogP) is 2.06. The highest BCUT2D eigenvalue weighted by Gasteiger charge is 2.38. The quantitative estimate of drug-likeness (QED) is 0.389. The molecule has 0 radical (unpaired) electrons. The fourth-order valence-corrected chi connectivity index (χ4v) is 6.55. The molecule has 0 aromatic heterocycles. The van der Waals surface area contributed by atoms with E-state index in [0.29, 0.717) is 19.5 Å². The SMILES string of the molecule is CN(C)CCNC(=O)[C@H]1CCC(=O)N(C)CC(=O)N2C[C@@H](NC(=O)Cc3cccc4ccccc34)C[C@H]2COc2ccc(F)cc2C(=O)N1C. The molecule has 13 heteroatoms. The molecule has 0 spiro atoms. The van der Waals surface area contributed by atoms with E-state index in [2.05, 4.69) is 10.6 Å². The Balaban J connectivity index is 1.36. The molecule has 50 heavy (non-hydrogen) atoms. The van der Waals surface area contributed by atoms with Crippen LogP contribution in [0.4, 0.5) is 4.39 Å². The largest absolute Gasteiger partial charge is 0.491 e. The van der Waals surface area contributed by atoms with Gasteiger partial charge in [0, 0.05) is 46.2 Å². The van der Waals surface area contributed by atoms with Crippen molar-refractivity contribution in [1.29, 1.82) is 0 Å². The van der Waals surface area contributed by atoms with Gasteiger partial charge >= 0.3 is 0 Å². The van der Waals surface area contributed by atoms with Crippen molar-refractivity contribution in [3.63, 3.8) is 0 Å². The summed E-state index contributed by atoms with van der Waals surface area (Å²) in [4.78, 5) is 73.3. The molecule has 0 unspecified atom stereocenters. The predicted molar refractivity (Wildman–Crippen MR) is 186 cm³/mol. The van der Waals surface area contributed by atoms with Gasteiger partial charge in [0.2, 0.25) is 23.6 Å². The number of halogens is 1. The number of hydrogen-bond donors (Lipinski definition) is 2. The van der Waals surface area contributed by atoms with E-state index in [9.17, 15) is 28.4 Å². The number of rotatable bonds is 7. The first-order chi connectivity index (χ1) is 23.9. The van der Waals surface area contributed by atoms with E-state index in [1.807, 2.05) is 61.5 Å². The maximum Gasteiger partial charge on any atom is 0.258 e. The van der Waals surface area contributed by atoms with Crippen LogP contribution in [0, 0.1) is 5.82 Å². The molecule has 5 amide bonds. The zero-order valence-corrected chi connectivity index (χ0v) is 29.0. The topological polar surface area (TPSA) is 132 Å². The third kappa shape index (κ3) is 8.75. The zero-order valence-electron chi connectivity index (χ0n) is 29.0. The minimum atomic E-state index is -1.04. The van der Waals surface area contributed by atoms with Gasteiger partial charge in [0.15, 0.2) is 0 Å². The highest BCUT2D eigenvalue weighted by Crippen LogP contribution is 2.27. The van der Waals surface area contributed by atoms with Gasteiger partial charge < -0.3 is 35.0 Å². The first kappa shape index (κ1) is 36.2. The molecule has 3 aromatic rings. The Morgan fingerprint density at radius 3 is 2.54 bits per heavy atom. The van der Waals surface area contributed by atoms with Crippen LogP contribution in [0.1, 0.15) is 35.2 Å². The molecule has 5 rings (SSSR count). The van der Waals surface area contributed by atoms with Crippen molar-refractivity contribution >= 4 is 40.3 Å². The van der Waals surface area contributed by atoms with Crippen LogP contribution < -0.4 is 15.4 Å². The maximum absolute atomic E-state index is 14.5. The number of likely N-dealkylation sites (N-methyl/N-ethyl adjacent to an activating group) is 3. The third-order valence-corrected chi connectivity index (χ3v) is 9.31. The molecule has 2 aliphatic heterocycles. The summed E-state index contributed by atoms with van der Waals surface area (Å²) in [6.45, 7) is 0.811. The second kappa shape index (κ2) is 16.1. The Morgan fingerprint density at radius 1 is 1.00 bits per heavy atom. The number of ether oxygens (including phenoxy) is 1. The summed E-state index contributed by atoms with van der Waals surface area (Å²) in [7, 11) is 6.68. The highest BCUT2D eigenvalue weighted by atomic mass is 19.1. The number of benzene rings is 3. The van der Waals surface area contributed by atoms with Gasteiger partial charge in [-0.1, -0.05) is 42.5 Å². The van der Waals surface area contributed by atoms with Crippen LogP contribution in [-0.2, 0) is 25.6 Å². The lowest BCUT2D eigenvalue weighted by Gasteiger charge is -2.28. The highest BCUT2D eigenvalue weighted by molar-refractivity contribution is 6.00. The number of carbonyl (C=O) groups is 5. The van der Waals surface area contributed by atoms with Gasteiger partial charge in [-0.15, -0.1) is 0 Å². The normalized spacial score (nSPS) is 20.6. The van der Waals surface area contributed by atoms with Crippen LogP contribution in [0.25, 0.3) is 10.8 Å². The Morgan fingerprint density at radius 2 is 1.76 bits per heavy atom. The number of carbonyl (C=O) groups excluding carboxylic acids is 5. The fourth-order valence-electron chi connectivity index (χ4n) is 6.55. The summed E-state index contributed by atoms with van der Waals surface area (Å²) in [6, 6.07) is 15.3. The van der Waals surface area contributed by atoms with Crippen LogP contribution >= 0.6 is 0 Å². The average molecular weight is 689 g/mol. The Hall–Kier alpha value is -5.04. The van der Waals surface area contributed by atoms with E-state index in [1.165, 1.54) is 36.0 Å². The minimum absolute atomic E-state index is 0.0178. The molecule has 0 saturated carbocycles. The molecule has 0 bridgehead atoms. The van der Waals surface area contributed by atoms with E-state index in [1.54, 1.807) is 4.90 Å². The van der Waals surface area contributed by atoms with E-state index in [0.717, 1.165) is 22.4 Å². The molecule has 1 saturated heterocycles. The first-order valence-corrected chi connectivity index (χ1v) is 16.8. The minimum Gasteiger partial charge on any atom is -0.491 e. The molecule has 0 aliphatic carbocycles. The molecule has 3 aromatic carbocycles. The molecule has 2 N–H and O–H groups in total. The summed E-state index contributed by atoms with van der Waals surface area (Å²) in [5.74, 6) is -2.58. The van der Waals surface area contributed by atoms with Gasteiger partial charge in [-0.25, -0.2) is 4.39 Å². The maximum atomic E-state index is 14.5. The van der Waals surface area contributed by atoms with Crippen LogP contribution in [0.15, 0.2) is 60.7 Å². The zero-order chi connectivity index (χ0) is 35.9. The Labute approximate surface area is 291 Å². The van der Waals surface area contributed by atoms with E-state index < -0.39 is 29.7 Å². The van der Waals surface area contributed by atoms with Crippen LogP contribution in [0.5, 0.6) is 5.75 Å². The van der Waals surface area contributed by atoms with Crippen LogP contribution in [-0.4, -0.2) is 128 Å². The Bertz CT molecular complexity index is 1750. The number of hydrogen-bond acceptors (Lipinski definition) is 7. The summed E-state index contributed by atoms with van der Waals surface area (Å²) in [6.07, 6.45) is 0.393. The second-order valence-electron chi connectivity index (χ2n) is 13.3. The first-order valence-electron chi connectivity index (χ1n) is 16.8. The lowest BCUT2D eigenvalue weighted by molar-refractivity contribution is -0.140. The van der Waals surface area contributed by atoms with Gasteiger partial charge in [0.25, 0.3) is 5.91 Å². The van der Waals surface area contributed by atoms with Crippen molar-refractivity contribution in [3.8, 4) is 5.75 Å². The number of nitrogens with zero attached hydrogens (tertiary/aromatic N) is 4. The summed E-state index contributed by atoms with van der Waals surface area (Å²) in [5.41, 5.74) is 0.799. The van der Waals surface area contributed by atoms with Crippen molar-refractivity contribution in [2.75, 3.05) is 61.0 Å². The number of fused-ring (bicyclic) bond motifs is 3. The molecule has 2 aliphatic rings. The third-order valence-electron chi connectivity index (χ3n) is 9.31. The van der Waals surface area contributed by atoms with Crippen LogP contribution in [0.3, 0.4) is 0 Å². The molecule has 1 fully saturated rings. The van der Waals surface area contributed by atoms with Crippen molar-refractivity contribution in [3.05, 3.63) is 77.6 Å². The monoisotopic (exact) mass is 688 g/mol. The molecule has 12 nitrogen and oxygen atoms in total. The summed E-state index contributed by atoms with van der Waals surface area (Å²) in [5, 5.41) is 7.92. The number of nitrogens with one attached hydrogen (secondary N) is 2. The molecular formula is C37H45FN6O6. The summed E-state index contributed by atoms with van der Waals surface area (Å²) < 4.78 is 20.7. The van der Waals surface area contributed by atoms with Crippen molar-refractivity contribution in [1.82, 2.24) is 30.2 Å². The standard InChI is InChI=1S/C37H45FN6O6/c1-41(2)17-16-39-36(48)31-13-15-34(46)42(3)22-35(47)44-21-27(40-33(45)18-25-10-7-9-24-8-5-6-11-29(24)25)20-28(44)23-50-32-14-12-26(38)19-30(32)37(49)43(31)4/h5-12,14,19,27-28,31H,13,15-18,20-23H2,1-4H3,(H,39,48)(H,40,45)/t27-,28-,31+/m0/s1. The Kier molecular flexibility index (Phi) is 11.7. The fraction of sp³-hybridized carbons (Fsp3) is 0.432. The number of amides is 5. The molecule has 3 atom stereocenters. The van der Waals surface area contributed by atoms with E-state index in [-0.39, 0.29) is 74.0 Å². The molecular weight excluding hydrogens is 643 g/mol. The lowest BCUT2D eigenvalue weighted by Crippen LogP contribution is -2.49.